The number of methoxy groups -OCH3 is 1. The molecular formula is C11H16ClN3O2. The van der Waals surface area contributed by atoms with Crippen LogP contribution in [-0.2, 0) is 4.74 Å². The molecule has 1 heterocycles. The highest BCUT2D eigenvalue weighted by atomic mass is 35.5. The van der Waals surface area contributed by atoms with E-state index in [1.54, 1.807) is 7.11 Å². The molecule has 0 amide bonds. The molecule has 0 aromatic heterocycles. The van der Waals surface area contributed by atoms with E-state index in [1.807, 2.05) is 12.1 Å². The Balaban J connectivity index is 0.000000811. The van der Waals surface area contributed by atoms with Gasteiger partial charge in [0.25, 0.3) is 0 Å². The second kappa shape index (κ2) is 8.62. The molecule has 5 nitrogen and oxygen atoms in total. The molecule has 0 spiro atoms. The van der Waals surface area contributed by atoms with Crippen LogP contribution in [0.4, 0.5) is 5.69 Å². The largest absolute Gasteiger partial charge is 0.497 e. The molecule has 0 saturated carbocycles. The van der Waals surface area contributed by atoms with Crippen molar-refractivity contribution in [3.05, 3.63) is 24.3 Å². The summed E-state index contributed by atoms with van der Waals surface area (Å²) in [6, 6.07) is 8.16. The summed E-state index contributed by atoms with van der Waals surface area (Å²) in [7, 11) is 1.68. The summed E-state index contributed by atoms with van der Waals surface area (Å²) in [5.41, 5.74) is 1.24. The number of ether oxygens (including phenoxy) is 2. The van der Waals surface area contributed by atoms with Crippen LogP contribution in [-0.4, -0.2) is 33.4 Å². The van der Waals surface area contributed by atoms with E-state index < -0.39 is 0 Å². The fourth-order valence-electron chi connectivity index (χ4n) is 1.61. The van der Waals surface area contributed by atoms with E-state index in [4.69, 9.17) is 20.3 Å². The number of hydrogen-bond acceptors (Lipinski definition) is 5. The molecule has 1 aliphatic heterocycles. The predicted molar refractivity (Wildman–Crippen MR) is 66.7 cm³/mol. The van der Waals surface area contributed by atoms with Gasteiger partial charge in [-0.2, -0.15) is 0 Å². The van der Waals surface area contributed by atoms with Crippen molar-refractivity contribution < 1.29 is 9.47 Å². The average molecular weight is 258 g/mol. The highest BCUT2D eigenvalue weighted by Gasteiger charge is 2.10. The smallest absolute Gasteiger partial charge is 0.119 e. The number of rotatable bonds is 2. The minimum atomic E-state index is 0. The minimum Gasteiger partial charge on any atom is -0.497 e. The topological polar surface area (TPSA) is 69.3 Å². The van der Waals surface area contributed by atoms with Gasteiger partial charge in [-0.15, -0.1) is 12.4 Å². The molecule has 0 atom stereocenters. The average Bonchev–Trinajstić information content (AvgIpc) is 2.42. The highest BCUT2D eigenvalue weighted by molar-refractivity contribution is 5.85. The zero-order valence-electron chi connectivity index (χ0n) is 9.70. The molecule has 0 N–H and O–H groups in total. The number of benzene rings is 1. The Morgan fingerprint density at radius 2 is 1.65 bits per heavy atom. The third-order valence-corrected chi connectivity index (χ3v) is 2.45. The standard InChI is InChI=1S/C11H15NO2.ClH.N2/c1-13-11-4-2-10(3-5-11)12-6-8-14-9-7-12;;1-2/h2-5H,6-9H2,1H3;1H;. The first kappa shape index (κ1) is 15.5. The van der Waals surface area contributed by atoms with Gasteiger partial charge in [0.1, 0.15) is 5.75 Å². The quantitative estimate of drug-likeness (QED) is 0.758. The molecule has 2 rings (SSSR count). The van der Waals surface area contributed by atoms with Crippen molar-refractivity contribution in [2.24, 2.45) is 0 Å². The summed E-state index contributed by atoms with van der Waals surface area (Å²) in [6.45, 7) is 3.61. The van der Waals surface area contributed by atoms with E-state index in [-0.39, 0.29) is 12.4 Å². The molecule has 94 valence electrons. The van der Waals surface area contributed by atoms with Crippen molar-refractivity contribution in [2.45, 2.75) is 0 Å². The van der Waals surface area contributed by atoms with E-state index >= 15 is 0 Å². The van der Waals surface area contributed by atoms with Gasteiger partial charge in [0.2, 0.25) is 0 Å². The third-order valence-electron chi connectivity index (χ3n) is 2.45. The van der Waals surface area contributed by atoms with Gasteiger partial charge in [0.15, 0.2) is 0 Å². The van der Waals surface area contributed by atoms with Gasteiger partial charge in [-0.05, 0) is 24.3 Å². The Morgan fingerprint density at radius 1 is 1.12 bits per heavy atom. The van der Waals surface area contributed by atoms with Crippen LogP contribution in [0.3, 0.4) is 0 Å². The maximum absolute atomic E-state index is 6.00. The highest BCUT2D eigenvalue weighted by Crippen LogP contribution is 2.19. The molecule has 0 bridgehead atoms. The Labute approximate surface area is 107 Å². The number of halogens is 1. The molecule has 1 fully saturated rings. The molecule has 6 heteroatoms. The van der Waals surface area contributed by atoms with E-state index in [9.17, 15) is 0 Å². The molecule has 1 aliphatic rings. The molecule has 0 radical (unpaired) electrons. The third kappa shape index (κ3) is 4.47. The van der Waals surface area contributed by atoms with Gasteiger partial charge in [-0.3, -0.25) is 0 Å². The van der Waals surface area contributed by atoms with Gasteiger partial charge in [0, 0.05) is 29.6 Å². The molecular weight excluding hydrogens is 242 g/mol. The van der Waals surface area contributed by atoms with E-state index in [1.165, 1.54) is 5.69 Å². The van der Waals surface area contributed by atoms with Crippen molar-refractivity contribution in [2.75, 3.05) is 38.3 Å². The second-order valence-electron chi connectivity index (χ2n) is 3.30. The van der Waals surface area contributed by atoms with Crippen LogP contribution in [0.2, 0.25) is 0 Å². The van der Waals surface area contributed by atoms with Crippen molar-refractivity contribution in [1.29, 1.82) is 10.8 Å². The van der Waals surface area contributed by atoms with Crippen molar-refractivity contribution in [3.63, 3.8) is 0 Å². The first-order chi connectivity index (χ1) is 7.90. The zero-order valence-corrected chi connectivity index (χ0v) is 10.5. The Morgan fingerprint density at radius 3 is 2.12 bits per heavy atom. The number of anilines is 1. The summed E-state index contributed by atoms with van der Waals surface area (Å²) in [5.74, 6) is 0.905. The fraction of sp³-hybridized carbons (Fsp3) is 0.455. The molecule has 0 aliphatic carbocycles. The van der Waals surface area contributed by atoms with Gasteiger partial charge in [-0.1, -0.05) is 0 Å². The number of hydrogen-bond donors (Lipinski definition) is 0. The van der Waals surface area contributed by atoms with Gasteiger partial charge >= 0.3 is 0 Å². The van der Waals surface area contributed by atoms with Crippen molar-refractivity contribution in [1.82, 2.24) is 0 Å². The monoisotopic (exact) mass is 257 g/mol. The van der Waals surface area contributed by atoms with Crippen LogP contribution in [0.15, 0.2) is 24.3 Å². The van der Waals surface area contributed by atoms with E-state index in [2.05, 4.69) is 17.0 Å². The Bertz CT molecular complexity index is 323. The van der Waals surface area contributed by atoms with Gasteiger partial charge < -0.3 is 14.4 Å². The van der Waals surface area contributed by atoms with E-state index in [0.29, 0.717) is 0 Å². The second-order valence-corrected chi connectivity index (χ2v) is 3.30. The van der Waals surface area contributed by atoms with Crippen LogP contribution < -0.4 is 9.64 Å². The summed E-state index contributed by atoms with van der Waals surface area (Å²) >= 11 is 0. The van der Waals surface area contributed by atoms with Gasteiger partial charge in [0.05, 0.1) is 20.3 Å². The normalized spacial score (nSPS) is 13.9. The minimum absolute atomic E-state index is 0. The van der Waals surface area contributed by atoms with Crippen LogP contribution in [0, 0.1) is 10.8 Å². The first-order valence-corrected chi connectivity index (χ1v) is 5.07. The zero-order chi connectivity index (χ0) is 11.8. The van der Waals surface area contributed by atoms with Crippen molar-refractivity contribution in [3.8, 4) is 5.75 Å². The lowest BCUT2D eigenvalue weighted by Crippen LogP contribution is -2.36. The maximum atomic E-state index is 6.00. The Kier molecular flexibility index (Phi) is 7.85. The van der Waals surface area contributed by atoms with Crippen LogP contribution in [0.5, 0.6) is 5.75 Å². The molecule has 0 unspecified atom stereocenters. The van der Waals surface area contributed by atoms with Gasteiger partial charge in [-0.25, -0.2) is 0 Å². The summed E-state index contributed by atoms with van der Waals surface area (Å²) in [4.78, 5) is 2.32. The van der Waals surface area contributed by atoms with Crippen LogP contribution >= 0.6 is 12.4 Å². The number of nitrogens with zero attached hydrogens (tertiary/aromatic N) is 3. The first-order valence-electron chi connectivity index (χ1n) is 5.07. The predicted octanol–water partition coefficient (Wildman–Crippen LogP) is 1.98. The number of morpholine rings is 1. The molecule has 1 aromatic carbocycles. The summed E-state index contributed by atoms with van der Waals surface area (Å²) < 4.78 is 10.4. The lowest BCUT2D eigenvalue weighted by Gasteiger charge is -2.28. The Hall–Kier alpha value is -1.51. The lowest BCUT2D eigenvalue weighted by molar-refractivity contribution is 0.122. The molecule has 17 heavy (non-hydrogen) atoms. The maximum Gasteiger partial charge on any atom is 0.119 e. The fourth-order valence-corrected chi connectivity index (χ4v) is 1.61. The lowest BCUT2D eigenvalue weighted by atomic mass is 10.2. The molecule has 1 aromatic rings. The van der Waals surface area contributed by atoms with Crippen LogP contribution in [0.25, 0.3) is 0 Å². The summed E-state index contributed by atoms with van der Waals surface area (Å²) in [6.07, 6.45) is 0. The van der Waals surface area contributed by atoms with Crippen molar-refractivity contribution >= 4 is 18.1 Å². The SMILES string of the molecule is COc1ccc(N2CCOCC2)cc1.Cl.N#N. The van der Waals surface area contributed by atoms with Crippen LogP contribution in [0.1, 0.15) is 0 Å². The van der Waals surface area contributed by atoms with E-state index in [0.717, 1.165) is 32.1 Å². The summed E-state index contributed by atoms with van der Waals surface area (Å²) in [5, 5.41) is 12.0. The molecule has 1 saturated heterocycles.